The second-order valence-electron chi connectivity index (χ2n) is 3.23. The first-order valence-corrected chi connectivity index (χ1v) is 5.18. The molecular weight excluding hydrogens is 246 g/mol. The molecule has 7 heteroatoms. The van der Waals surface area contributed by atoms with Crippen molar-refractivity contribution in [2.75, 3.05) is 13.1 Å². The number of hydroxylamine groups is 2. The Labute approximate surface area is 103 Å². The van der Waals surface area contributed by atoms with E-state index in [1.165, 1.54) is 12.1 Å². The van der Waals surface area contributed by atoms with Gasteiger partial charge >= 0.3 is 6.03 Å². The lowest BCUT2D eigenvalue weighted by Gasteiger charge is -2.14. The van der Waals surface area contributed by atoms with Gasteiger partial charge in [-0.3, -0.25) is 10.0 Å². The van der Waals surface area contributed by atoms with Crippen molar-refractivity contribution in [1.29, 1.82) is 0 Å². The van der Waals surface area contributed by atoms with Crippen molar-refractivity contribution in [2.24, 2.45) is 5.73 Å². The van der Waals surface area contributed by atoms with Gasteiger partial charge in [0.15, 0.2) is 0 Å². The number of rotatable bonds is 4. The molecule has 4 N–H and O–H groups in total. The average Bonchev–Trinajstić information content (AvgIpc) is 2.28. The van der Waals surface area contributed by atoms with Crippen LogP contribution in [0.1, 0.15) is 10.4 Å². The van der Waals surface area contributed by atoms with Crippen molar-refractivity contribution < 1.29 is 14.8 Å². The minimum absolute atomic E-state index is 0.0512. The molecule has 17 heavy (non-hydrogen) atoms. The Bertz CT molecular complexity index is 408. The number of hydrogen-bond acceptors (Lipinski definition) is 3. The van der Waals surface area contributed by atoms with Crippen LogP contribution in [0.3, 0.4) is 0 Å². The molecule has 0 fully saturated rings. The molecule has 3 amide bonds. The molecule has 1 rings (SSSR count). The van der Waals surface area contributed by atoms with Crippen molar-refractivity contribution in [1.82, 2.24) is 10.4 Å². The minimum atomic E-state index is -0.711. The molecule has 0 spiro atoms. The first-order chi connectivity index (χ1) is 8.00. The zero-order valence-corrected chi connectivity index (χ0v) is 9.65. The summed E-state index contributed by atoms with van der Waals surface area (Å²) >= 11 is 5.67. The van der Waals surface area contributed by atoms with E-state index >= 15 is 0 Å². The van der Waals surface area contributed by atoms with Gasteiger partial charge in [-0.15, -0.1) is 0 Å². The van der Waals surface area contributed by atoms with Crippen LogP contribution < -0.4 is 11.1 Å². The SMILES string of the molecule is NC(=O)NCCN(O)C(=O)c1ccc(Cl)cc1. The number of nitrogens with one attached hydrogen (secondary N) is 1. The monoisotopic (exact) mass is 257 g/mol. The van der Waals surface area contributed by atoms with Crippen LogP contribution in [-0.2, 0) is 0 Å². The molecule has 0 aliphatic heterocycles. The van der Waals surface area contributed by atoms with Crippen LogP contribution in [0.5, 0.6) is 0 Å². The molecule has 92 valence electrons. The normalized spacial score (nSPS) is 9.76. The summed E-state index contributed by atoms with van der Waals surface area (Å²) in [5.41, 5.74) is 5.13. The standard InChI is InChI=1S/C10H12ClN3O3/c11-8-3-1-7(2-4-8)9(15)14(17)6-5-13-10(12)16/h1-4,17H,5-6H2,(H3,12,13,16). The highest BCUT2D eigenvalue weighted by molar-refractivity contribution is 6.30. The second-order valence-corrected chi connectivity index (χ2v) is 3.66. The Hall–Kier alpha value is -1.79. The van der Waals surface area contributed by atoms with Crippen molar-refractivity contribution in [3.8, 4) is 0 Å². The number of amides is 3. The maximum absolute atomic E-state index is 11.6. The number of carbonyl (C=O) groups is 2. The maximum Gasteiger partial charge on any atom is 0.312 e. The van der Waals surface area contributed by atoms with E-state index in [0.29, 0.717) is 15.6 Å². The summed E-state index contributed by atoms with van der Waals surface area (Å²) in [6.45, 7) is 0.0234. The molecule has 0 aliphatic rings. The number of nitrogens with two attached hydrogens (primary N) is 1. The number of halogens is 1. The van der Waals surface area contributed by atoms with Crippen LogP contribution in [-0.4, -0.2) is 35.3 Å². The van der Waals surface area contributed by atoms with E-state index in [1.54, 1.807) is 12.1 Å². The third-order valence-electron chi connectivity index (χ3n) is 1.95. The molecule has 1 aromatic carbocycles. The number of nitrogens with zero attached hydrogens (tertiary/aromatic N) is 1. The molecule has 0 aromatic heterocycles. The van der Waals surface area contributed by atoms with Crippen LogP contribution in [0.2, 0.25) is 5.02 Å². The third kappa shape index (κ3) is 4.29. The van der Waals surface area contributed by atoms with Gasteiger partial charge in [-0.25, -0.2) is 9.86 Å². The topological polar surface area (TPSA) is 95.7 Å². The van der Waals surface area contributed by atoms with Crippen LogP contribution in [0.25, 0.3) is 0 Å². The van der Waals surface area contributed by atoms with Gasteiger partial charge in [0.25, 0.3) is 5.91 Å². The van der Waals surface area contributed by atoms with E-state index in [4.69, 9.17) is 17.3 Å². The summed E-state index contributed by atoms with van der Waals surface area (Å²) in [6.07, 6.45) is 0. The van der Waals surface area contributed by atoms with E-state index in [9.17, 15) is 14.8 Å². The molecular formula is C10H12ClN3O3. The largest absolute Gasteiger partial charge is 0.352 e. The lowest BCUT2D eigenvalue weighted by atomic mass is 10.2. The summed E-state index contributed by atoms with van der Waals surface area (Å²) in [5.74, 6) is -0.576. The smallest absolute Gasteiger partial charge is 0.312 e. The molecule has 0 saturated heterocycles. The number of carbonyl (C=O) groups excluding carboxylic acids is 2. The van der Waals surface area contributed by atoms with Gasteiger partial charge in [-0.1, -0.05) is 11.6 Å². The molecule has 0 heterocycles. The number of urea groups is 1. The molecule has 0 aliphatic carbocycles. The van der Waals surface area contributed by atoms with Crippen molar-refractivity contribution >= 4 is 23.5 Å². The Kier molecular flexibility index (Phi) is 4.74. The maximum atomic E-state index is 11.6. The van der Waals surface area contributed by atoms with Crippen molar-refractivity contribution in [3.63, 3.8) is 0 Å². The Morgan fingerprint density at radius 2 is 1.94 bits per heavy atom. The van der Waals surface area contributed by atoms with Gasteiger partial charge in [0, 0.05) is 17.1 Å². The van der Waals surface area contributed by atoms with Gasteiger partial charge < -0.3 is 11.1 Å². The van der Waals surface area contributed by atoms with E-state index in [-0.39, 0.29) is 13.1 Å². The summed E-state index contributed by atoms with van der Waals surface area (Å²) in [5, 5.41) is 12.7. The molecule has 0 saturated carbocycles. The minimum Gasteiger partial charge on any atom is -0.352 e. The molecule has 0 unspecified atom stereocenters. The van der Waals surface area contributed by atoms with Crippen LogP contribution in [0, 0.1) is 0 Å². The van der Waals surface area contributed by atoms with E-state index < -0.39 is 11.9 Å². The average molecular weight is 258 g/mol. The van der Waals surface area contributed by atoms with Gasteiger partial charge in [0.05, 0.1) is 6.54 Å². The fraction of sp³-hybridized carbons (Fsp3) is 0.200. The Balaban J connectivity index is 2.51. The summed E-state index contributed by atoms with van der Waals surface area (Å²) in [4.78, 5) is 22.0. The highest BCUT2D eigenvalue weighted by atomic mass is 35.5. The zero-order valence-electron chi connectivity index (χ0n) is 8.89. The first kappa shape index (κ1) is 13.3. The number of primary amides is 1. The zero-order chi connectivity index (χ0) is 12.8. The summed E-state index contributed by atoms with van der Waals surface area (Å²) in [6, 6.07) is 5.37. The van der Waals surface area contributed by atoms with Gasteiger partial charge in [-0.2, -0.15) is 0 Å². The molecule has 0 radical (unpaired) electrons. The van der Waals surface area contributed by atoms with Crippen LogP contribution in [0.4, 0.5) is 4.79 Å². The lowest BCUT2D eigenvalue weighted by Crippen LogP contribution is -2.38. The van der Waals surface area contributed by atoms with Crippen molar-refractivity contribution in [2.45, 2.75) is 0 Å². The van der Waals surface area contributed by atoms with Gasteiger partial charge in [0.2, 0.25) is 0 Å². The molecule has 0 atom stereocenters. The quantitative estimate of drug-likeness (QED) is 0.551. The Morgan fingerprint density at radius 1 is 1.35 bits per heavy atom. The van der Waals surface area contributed by atoms with Crippen LogP contribution in [0.15, 0.2) is 24.3 Å². The van der Waals surface area contributed by atoms with Gasteiger partial charge in [-0.05, 0) is 24.3 Å². The van der Waals surface area contributed by atoms with E-state index in [1.807, 2.05) is 0 Å². The first-order valence-electron chi connectivity index (χ1n) is 4.80. The second kappa shape index (κ2) is 6.07. The summed E-state index contributed by atoms with van der Waals surface area (Å²) < 4.78 is 0. The predicted octanol–water partition coefficient (Wildman–Crippen LogP) is 0.840. The third-order valence-corrected chi connectivity index (χ3v) is 2.20. The molecule has 6 nitrogen and oxygen atoms in total. The predicted molar refractivity (Wildman–Crippen MR) is 61.9 cm³/mol. The van der Waals surface area contributed by atoms with E-state index in [2.05, 4.69) is 5.32 Å². The van der Waals surface area contributed by atoms with Gasteiger partial charge in [0.1, 0.15) is 0 Å². The molecule has 1 aromatic rings. The lowest BCUT2D eigenvalue weighted by molar-refractivity contribution is -0.0564. The number of benzene rings is 1. The fourth-order valence-electron chi connectivity index (χ4n) is 1.13. The van der Waals surface area contributed by atoms with Crippen molar-refractivity contribution in [3.05, 3.63) is 34.9 Å². The van der Waals surface area contributed by atoms with Crippen LogP contribution >= 0.6 is 11.6 Å². The fourth-order valence-corrected chi connectivity index (χ4v) is 1.25. The molecule has 0 bridgehead atoms. The Morgan fingerprint density at radius 3 is 2.47 bits per heavy atom. The summed E-state index contributed by atoms with van der Waals surface area (Å²) in [7, 11) is 0. The number of hydrogen-bond donors (Lipinski definition) is 3. The van der Waals surface area contributed by atoms with E-state index in [0.717, 1.165) is 0 Å². The highest BCUT2D eigenvalue weighted by Crippen LogP contribution is 2.10. The highest BCUT2D eigenvalue weighted by Gasteiger charge is 2.12.